The molecule has 0 radical (unpaired) electrons. The van der Waals surface area contributed by atoms with Crippen LogP contribution in [0.25, 0.3) is 5.69 Å². The van der Waals surface area contributed by atoms with Crippen LogP contribution in [-0.2, 0) is 0 Å². The number of likely N-dealkylation sites (tertiary alicyclic amines) is 1. The lowest BCUT2D eigenvalue weighted by atomic mass is 10.1. The first-order valence-corrected chi connectivity index (χ1v) is 8.70. The molecule has 1 aliphatic heterocycles. The van der Waals surface area contributed by atoms with Crippen molar-refractivity contribution in [1.29, 1.82) is 0 Å². The molecule has 23 heavy (non-hydrogen) atoms. The minimum atomic E-state index is -0.170. The van der Waals surface area contributed by atoms with Crippen molar-refractivity contribution < 1.29 is 9.59 Å². The lowest BCUT2D eigenvalue weighted by Gasteiger charge is -2.10. The van der Waals surface area contributed by atoms with E-state index in [1.807, 2.05) is 47.3 Å². The van der Waals surface area contributed by atoms with E-state index in [2.05, 4.69) is 4.99 Å². The Morgan fingerprint density at radius 2 is 1.87 bits per heavy atom. The van der Waals surface area contributed by atoms with E-state index in [1.54, 1.807) is 4.90 Å². The number of ketones is 1. The second-order valence-corrected chi connectivity index (χ2v) is 6.34. The van der Waals surface area contributed by atoms with E-state index in [9.17, 15) is 9.59 Å². The summed E-state index contributed by atoms with van der Waals surface area (Å²) >= 11 is 1.43. The highest BCUT2D eigenvalue weighted by atomic mass is 32.1. The Balaban J connectivity index is 1.88. The minimum absolute atomic E-state index is 0.126. The monoisotopic (exact) mass is 329 g/mol. The number of Topliss-reactive ketones (excluding diaryl/α,β-unsaturated/α-hetero) is 1. The zero-order valence-corrected chi connectivity index (χ0v) is 13.9. The van der Waals surface area contributed by atoms with Crippen LogP contribution in [0.1, 0.15) is 36.5 Å². The number of nitrogens with zero attached hydrogens (tertiary/aromatic N) is 3. The quantitative estimate of drug-likeness (QED) is 0.812. The summed E-state index contributed by atoms with van der Waals surface area (Å²) in [4.78, 5) is 30.6. The third-order valence-electron chi connectivity index (χ3n) is 3.95. The standard InChI is InChI=1S/C17H19N3O2S/c1-2-15(21)13-5-7-14(8-6-13)20-11-12-23-17(20)18-16(22)19-9-3-4-10-19/h5-8,11-12H,2-4,9-10H2,1H3. The fourth-order valence-electron chi connectivity index (χ4n) is 2.62. The molecule has 3 rings (SSSR count). The summed E-state index contributed by atoms with van der Waals surface area (Å²) in [5.74, 6) is 0.126. The first kappa shape index (κ1) is 15.7. The van der Waals surface area contributed by atoms with Gasteiger partial charge in [0.25, 0.3) is 0 Å². The Hall–Kier alpha value is -2.21. The fourth-order valence-corrected chi connectivity index (χ4v) is 3.34. The number of hydrogen-bond donors (Lipinski definition) is 0. The number of hydrogen-bond acceptors (Lipinski definition) is 3. The molecule has 0 unspecified atom stereocenters. The normalized spacial score (nSPS) is 15.2. The van der Waals surface area contributed by atoms with E-state index < -0.39 is 0 Å². The summed E-state index contributed by atoms with van der Waals surface area (Å²) in [7, 11) is 0. The molecule has 0 aliphatic carbocycles. The third kappa shape index (κ3) is 3.42. The van der Waals surface area contributed by atoms with Crippen LogP contribution in [0.2, 0.25) is 0 Å². The Labute approximate surface area is 138 Å². The zero-order valence-electron chi connectivity index (χ0n) is 13.1. The molecule has 1 fully saturated rings. The second kappa shape index (κ2) is 6.91. The number of carbonyl (C=O) groups excluding carboxylic acids is 2. The Kier molecular flexibility index (Phi) is 4.71. The number of rotatable bonds is 3. The molecule has 2 aromatic rings. The minimum Gasteiger partial charge on any atom is -0.323 e. The highest BCUT2D eigenvalue weighted by Crippen LogP contribution is 2.12. The average Bonchev–Trinajstić information content (AvgIpc) is 3.26. The first-order valence-electron chi connectivity index (χ1n) is 7.82. The van der Waals surface area contributed by atoms with Gasteiger partial charge in [0.05, 0.1) is 0 Å². The van der Waals surface area contributed by atoms with Gasteiger partial charge in [0, 0.05) is 42.3 Å². The van der Waals surface area contributed by atoms with Gasteiger partial charge in [0.2, 0.25) is 0 Å². The van der Waals surface area contributed by atoms with Crippen LogP contribution in [0.4, 0.5) is 4.79 Å². The van der Waals surface area contributed by atoms with Gasteiger partial charge in [-0.3, -0.25) is 9.36 Å². The molecule has 1 aliphatic rings. The molecule has 1 saturated heterocycles. The van der Waals surface area contributed by atoms with Gasteiger partial charge in [-0.25, -0.2) is 4.79 Å². The van der Waals surface area contributed by atoms with Gasteiger partial charge >= 0.3 is 6.03 Å². The predicted octanol–water partition coefficient (Wildman–Crippen LogP) is 3.25. The smallest absolute Gasteiger partial charge is 0.323 e. The maximum absolute atomic E-state index is 12.2. The Bertz CT molecular complexity index is 768. The molecule has 1 aromatic carbocycles. The van der Waals surface area contributed by atoms with E-state index in [0.29, 0.717) is 16.8 Å². The van der Waals surface area contributed by atoms with Gasteiger partial charge in [-0.2, -0.15) is 4.99 Å². The van der Waals surface area contributed by atoms with Gasteiger partial charge in [0.15, 0.2) is 10.6 Å². The van der Waals surface area contributed by atoms with Crippen molar-refractivity contribution in [3.8, 4) is 5.69 Å². The number of urea groups is 1. The van der Waals surface area contributed by atoms with Crippen LogP contribution in [0.15, 0.2) is 40.8 Å². The largest absolute Gasteiger partial charge is 0.346 e. The molecule has 0 bridgehead atoms. The molecule has 0 atom stereocenters. The van der Waals surface area contributed by atoms with Crippen LogP contribution in [0, 0.1) is 0 Å². The summed E-state index contributed by atoms with van der Waals surface area (Å²) in [6, 6.07) is 7.23. The number of aromatic nitrogens is 1. The SMILES string of the molecule is CCC(=O)c1ccc(-n2ccsc2=NC(=O)N2CCCC2)cc1. The van der Waals surface area contributed by atoms with E-state index in [4.69, 9.17) is 0 Å². The van der Waals surface area contributed by atoms with E-state index >= 15 is 0 Å². The van der Waals surface area contributed by atoms with Crippen molar-refractivity contribution >= 4 is 23.2 Å². The molecule has 0 N–H and O–H groups in total. The Morgan fingerprint density at radius 1 is 1.17 bits per heavy atom. The molecule has 120 valence electrons. The summed E-state index contributed by atoms with van der Waals surface area (Å²) in [6.07, 6.45) is 4.49. The van der Waals surface area contributed by atoms with Crippen molar-refractivity contribution in [2.24, 2.45) is 4.99 Å². The summed E-state index contributed by atoms with van der Waals surface area (Å²) in [6.45, 7) is 3.44. The van der Waals surface area contributed by atoms with Gasteiger partial charge < -0.3 is 4.90 Å². The topological polar surface area (TPSA) is 54.7 Å². The van der Waals surface area contributed by atoms with Crippen molar-refractivity contribution in [3.05, 3.63) is 46.2 Å². The van der Waals surface area contributed by atoms with Crippen molar-refractivity contribution in [2.75, 3.05) is 13.1 Å². The van der Waals surface area contributed by atoms with Gasteiger partial charge in [0.1, 0.15) is 0 Å². The molecule has 5 nitrogen and oxygen atoms in total. The first-order chi connectivity index (χ1) is 11.2. The molecule has 2 heterocycles. The highest BCUT2D eigenvalue weighted by molar-refractivity contribution is 7.07. The van der Waals surface area contributed by atoms with Gasteiger partial charge in [-0.05, 0) is 37.1 Å². The molecule has 1 aromatic heterocycles. The van der Waals surface area contributed by atoms with Crippen molar-refractivity contribution in [1.82, 2.24) is 9.47 Å². The number of amides is 2. The Morgan fingerprint density at radius 3 is 2.52 bits per heavy atom. The molecular weight excluding hydrogens is 310 g/mol. The van der Waals surface area contributed by atoms with Crippen LogP contribution < -0.4 is 4.80 Å². The maximum atomic E-state index is 12.2. The van der Waals surface area contributed by atoms with Gasteiger partial charge in [-0.1, -0.05) is 6.92 Å². The van der Waals surface area contributed by atoms with E-state index in [1.165, 1.54) is 11.3 Å². The lowest BCUT2D eigenvalue weighted by molar-refractivity contribution is 0.0988. The van der Waals surface area contributed by atoms with Gasteiger partial charge in [-0.15, -0.1) is 11.3 Å². The van der Waals surface area contributed by atoms with Crippen LogP contribution in [0.3, 0.4) is 0 Å². The summed E-state index contributed by atoms with van der Waals surface area (Å²) in [5, 5.41) is 1.90. The third-order valence-corrected chi connectivity index (χ3v) is 4.70. The number of benzene rings is 1. The van der Waals surface area contributed by atoms with Crippen molar-refractivity contribution in [3.63, 3.8) is 0 Å². The van der Waals surface area contributed by atoms with Crippen LogP contribution in [0.5, 0.6) is 0 Å². The number of carbonyl (C=O) groups is 2. The average molecular weight is 329 g/mol. The molecular formula is C17H19N3O2S. The summed E-state index contributed by atoms with van der Waals surface area (Å²) < 4.78 is 1.87. The molecule has 6 heteroatoms. The second-order valence-electron chi connectivity index (χ2n) is 5.47. The van der Waals surface area contributed by atoms with E-state index in [0.717, 1.165) is 31.6 Å². The lowest BCUT2D eigenvalue weighted by Crippen LogP contribution is -2.27. The number of thiazole rings is 1. The predicted molar refractivity (Wildman–Crippen MR) is 90.0 cm³/mol. The molecule has 0 saturated carbocycles. The summed E-state index contributed by atoms with van der Waals surface area (Å²) in [5.41, 5.74) is 1.60. The zero-order chi connectivity index (χ0) is 16.2. The molecule has 0 spiro atoms. The van der Waals surface area contributed by atoms with Crippen molar-refractivity contribution in [2.45, 2.75) is 26.2 Å². The maximum Gasteiger partial charge on any atom is 0.346 e. The molecule has 2 amide bonds. The highest BCUT2D eigenvalue weighted by Gasteiger charge is 2.17. The van der Waals surface area contributed by atoms with Crippen LogP contribution in [-0.4, -0.2) is 34.4 Å². The van der Waals surface area contributed by atoms with E-state index in [-0.39, 0.29) is 11.8 Å². The van der Waals surface area contributed by atoms with Crippen LogP contribution >= 0.6 is 11.3 Å². The fraction of sp³-hybridized carbons (Fsp3) is 0.353.